The zero-order valence-corrected chi connectivity index (χ0v) is 30.9. The van der Waals surface area contributed by atoms with Crippen LogP contribution in [0.5, 0.6) is 0 Å². The molecule has 0 heterocycles. The Balaban J connectivity index is 1.96. The van der Waals surface area contributed by atoms with Crippen LogP contribution >= 0.6 is 0 Å². The predicted molar refractivity (Wildman–Crippen MR) is 200 cm³/mol. The van der Waals surface area contributed by atoms with Crippen LogP contribution in [0.25, 0.3) is 0 Å². The average Bonchev–Trinajstić information content (AvgIpc) is 3.02. The highest BCUT2D eigenvalue weighted by atomic mass is 16.3. The number of hydrogen-bond donors (Lipinski definition) is 1. The van der Waals surface area contributed by atoms with Gasteiger partial charge in [0.15, 0.2) is 0 Å². The molecule has 0 bridgehead atoms. The molecule has 0 aromatic rings. The highest BCUT2D eigenvalue weighted by Crippen LogP contribution is 2.41. The van der Waals surface area contributed by atoms with Crippen LogP contribution in [0.1, 0.15) is 245 Å². The van der Waals surface area contributed by atoms with Crippen LogP contribution in [0.3, 0.4) is 0 Å². The van der Waals surface area contributed by atoms with Crippen molar-refractivity contribution in [3.05, 3.63) is 23.5 Å². The molecule has 44 heavy (non-hydrogen) atoms. The Kier molecular flexibility index (Phi) is 29.0. The minimum Gasteiger partial charge on any atom is -0.511 e. The minimum atomic E-state index is -0.0187. The first kappa shape index (κ1) is 41.3. The molecular formula is C43H82O. The van der Waals surface area contributed by atoms with E-state index in [1.54, 1.807) is 0 Å². The third-order valence-corrected chi connectivity index (χ3v) is 10.6. The van der Waals surface area contributed by atoms with Gasteiger partial charge in [-0.2, -0.15) is 0 Å². The summed E-state index contributed by atoms with van der Waals surface area (Å²) in [5.41, 5.74) is 1.22. The molecule has 1 N–H and O–H groups in total. The Morgan fingerprint density at radius 1 is 0.455 bits per heavy atom. The van der Waals surface area contributed by atoms with Crippen molar-refractivity contribution >= 4 is 0 Å². The number of rotatable bonds is 34. The topological polar surface area (TPSA) is 20.2 Å². The second kappa shape index (κ2) is 30.9. The Hall–Kier alpha value is -0.720. The van der Waals surface area contributed by atoms with Crippen molar-refractivity contribution in [3.8, 4) is 0 Å². The summed E-state index contributed by atoms with van der Waals surface area (Å²) in [6.07, 6.45) is 53.1. The van der Waals surface area contributed by atoms with Crippen LogP contribution in [0.2, 0.25) is 0 Å². The van der Waals surface area contributed by atoms with E-state index in [4.69, 9.17) is 0 Å². The highest BCUT2D eigenvalue weighted by molar-refractivity contribution is 5.30. The Labute approximate surface area is 278 Å². The summed E-state index contributed by atoms with van der Waals surface area (Å²) >= 11 is 0. The maximum absolute atomic E-state index is 11.2. The van der Waals surface area contributed by atoms with Gasteiger partial charge in [-0.3, -0.25) is 0 Å². The standard InChI is InChI=1S/C43H82O/c1-4-6-8-10-12-14-16-18-20-22-24-26-28-30-32-34-37-41-38-36-40-43(3,42(41)44)39-35-33-31-29-27-25-23-21-19-17-15-13-11-9-7-5-2/h36,38,44H,4-35,37,39-40H2,1-3H3. The van der Waals surface area contributed by atoms with Crippen molar-refractivity contribution in [2.24, 2.45) is 5.41 Å². The molecular weight excluding hydrogens is 532 g/mol. The fourth-order valence-electron chi connectivity index (χ4n) is 7.37. The first-order valence-corrected chi connectivity index (χ1v) is 20.7. The van der Waals surface area contributed by atoms with Crippen molar-refractivity contribution < 1.29 is 5.11 Å². The molecule has 0 aromatic heterocycles. The second-order valence-electron chi connectivity index (χ2n) is 15.1. The number of aliphatic hydroxyl groups is 1. The van der Waals surface area contributed by atoms with E-state index in [-0.39, 0.29) is 5.41 Å². The monoisotopic (exact) mass is 615 g/mol. The molecule has 1 heteroatoms. The zero-order valence-electron chi connectivity index (χ0n) is 30.9. The van der Waals surface area contributed by atoms with Gasteiger partial charge in [-0.05, 0) is 31.3 Å². The van der Waals surface area contributed by atoms with Gasteiger partial charge in [-0.1, -0.05) is 232 Å². The Morgan fingerprint density at radius 2 is 0.750 bits per heavy atom. The van der Waals surface area contributed by atoms with Gasteiger partial charge in [-0.25, -0.2) is 0 Å². The molecule has 0 radical (unpaired) electrons. The number of allylic oxidation sites excluding steroid dienone is 4. The molecule has 1 unspecified atom stereocenters. The lowest BCUT2D eigenvalue weighted by molar-refractivity contribution is 0.210. The lowest BCUT2D eigenvalue weighted by Gasteiger charge is -2.32. The third-order valence-electron chi connectivity index (χ3n) is 10.6. The van der Waals surface area contributed by atoms with Gasteiger partial charge in [0.2, 0.25) is 0 Å². The fraction of sp³-hybridized carbons (Fsp3) is 0.907. The molecule has 0 aromatic carbocycles. The van der Waals surface area contributed by atoms with Crippen LogP contribution in [0.4, 0.5) is 0 Å². The van der Waals surface area contributed by atoms with E-state index in [0.29, 0.717) is 0 Å². The van der Waals surface area contributed by atoms with Crippen LogP contribution in [-0.4, -0.2) is 5.11 Å². The lowest BCUT2D eigenvalue weighted by Crippen LogP contribution is -2.22. The maximum Gasteiger partial charge on any atom is 0.102 e. The molecule has 0 saturated heterocycles. The quantitative estimate of drug-likeness (QED) is 0.0715. The van der Waals surface area contributed by atoms with E-state index < -0.39 is 0 Å². The molecule has 1 atom stereocenters. The summed E-state index contributed by atoms with van der Waals surface area (Å²) in [6, 6.07) is 0. The molecule has 1 nitrogen and oxygen atoms in total. The predicted octanol–water partition coefficient (Wildman–Crippen LogP) is 16.1. The van der Waals surface area contributed by atoms with E-state index in [0.717, 1.165) is 25.0 Å². The molecule has 1 aliphatic carbocycles. The Bertz CT molecular complexity index is 660. The minimum absolute atomic E-state index is 0.0187. The molecule has 1 rings (SSSR count). The van der Waals surface area contributed by atoms with Crippen LogP contribution in [0.15, 0.2) is 23.5 Å². The van der Waals surface area contributed by atoms with E-state index >= 15 is 0 Å². The normalized spacial score (nSPS) is 16.8. The largest absolute Gasteiger partial charge is 0.511 e. The van der Waals surface area contributed by atoms with Gasteiger partial charge >= 0.3 is 0 Å². The van der Waals surface area contributed by atoms with Gasteiger partial charge in [-0.15, -0.1) is 0 Å². The van der Waals surface area contributed by atoms with Crippen LogP contribution in [-0.2, 0) is 0 Å². The van der Waals surface area contributed by atoms with Gasteiger partial charge in [0.1, 0.15) is 5.76 Å². The van der Waals surface area contributed by atoms with Crippen molar-refractivity contribution in [1.82, 2.24) is 0 Å². The van der Waals surface area contributed by atoms with E-state index in [9.17, 15) is 5.11 Å². The SMILES string of the molecule is CCCCCCCCCCCCCCCCCCC1=C(O)C(C)(CCCCCCCCCCCCCCCCCC)CC=C1. The molecule has 0 amide bonds. The smallest absolute Gasteiger partial charge is 0.102 e. The van der Waals surface area contributed by atoms with Gasteiger partial charge in [0.05, 0.1) is 0 Å². The lowest BCUT2D eigenvalue weighted by atomic mass is 9.74. The highest BCUT2D eigenvalue weighted by Gasteiger charge is 2.31. The summed E-state index contributed by atoms with van der Waals surface area (Å²) in [5.74, 6) is 0.724. The van der Waals surface area contributed by atoms with Gasteiger partial charge in [0, 0.05) is 5.41 Å². The van der Waals surface area contributed by atoms with Crippen molar-refractivity contribution in [2.75, 3.05) is 0 Å². The van der Waals surface area contributed by atoms with E-state index in [2.05, 4.69) is 32.9 Å². The molecule has 0 fully saturated rings. The summed E-state index contributed by atoms with van der Waals surface area (Å²) in [7, 11) is 0. The molecule has 260 valence electrons. The third kappa shape index (κ3) is 23.6. The van der Waals surface area contributed by atoms with Crippen molar-refractivity contribution in [2.45, 2.75) is 245 Å². The molecule has 0 aliphatic heterocycles. The first-order chi connectivity index (χ1) is 21.6. The zero-order chi connectivity index (χ0) is 31.8. The van der Waals surface area contributed by atoms with Crippen LogP contribution < -0.4 is 0 Å². The molecule has 1 aliphatic rings. The summed E-state index contributed by atoms with van der Waals surface area (Å²) in [5, 5.41) is 11.2. The second-order valence-corrected chi connectivity index (χ2v) is 15.1. The van der Waals surface area contributed by atoms with Gasteiger partial charge in [0.25, 0.3) is 0 Å². The summed E-state index contributed by atoms with van der Waals surface area (Å²) < 4.78 is 0. The Morgan fingerprint density at radius 3 is 1.09 bits per heavy atom. The van der Waals surface area contributed by atoms with E-state index in [1.807, 2.05) is 0 Å². The summed E-state index contributed by atoms with van der Waals surface area (Å²) in [6.45, 7) is 6.91. The average molecular weight is 615 g/mol. The summed E-state index contributed by atoms with van der Waals surface area (Å²) in [4.78, 5) is 0. The molecule has 0 spiro atoms. The van der Waals surface area contributed by atoms with Crippen molar-refractivity contribution in [1.29, 1.82) is 0 Å². The van der Waals surface area contributed by atoms with Crippen LogP contribution in [0, 0.1) is 5.41 Å². The maximum atomic E-state index is 11.2. The molecule has 0 saturated carbocycles. The first-order valence-electron chi connectivity index (χ1n) is 20.7. The number of unbranched alkanes of at least 4 members (excludes halogenated alkanes) is 30. The fourth-order valence-corrected chi connectivity index (χ4v) is 7.37. The number of hydrogen-bond acceptors (Lipinski definition) is 1. The van der Waals surface area contributed by atoms with E-state index in [1.165, 1.54) is 211 Å². The van der Waals surface area contributed by atoms with Gasteiger partial charge < -0.3 is 5.11 Å². The van der Waals surface area contributed by atoms with Crippen molar-refractivity contribution in [3.63, 3.8) is 0 Å². The number of aliphatic hydroxyl groups excluding tert-OH is 1.